The Hall–Kier alpha value is -0.340. The molecule has 0 bridgehead atoms. The van der Waals surface area contributed by atoms with Crippen molar-refractivity contribution >= 4 is 0 Å². The predicted octanol–water partition coefficient (Wildman–Crippen LogP) is 1.33. The standard InChI is InChI=1S/C9H17NO/c1-3-4-6-10-9-5-7-11-8(9)2/h3-4,8-10H,5-7H2,1-2H3/b4-3+/t8-,9-/m1/s1. The number of allylic oxidation sites excluding steroid dienone is 1. The Labute approximate surface area is 68.6 Å². The molecule has 11 heavy (non-hydrogen) atoms. The number of hydrogen-bond acceptors (Lipinski definition) is 2. The van der Waals surface area contributed by atoms with Gasteiger partial charge in [0.15, 0.2) is 0 Å². The fourth-order valence-corrected chi connectivity index (χ4v) is 1.34. The Balaban J connectivity index is 2.15. The minimum atomic E-state index is 0.389. The fraction of sp³-hybridized carbons (Fsp3) is 0.778. The maximum Gasteiger partial charge on any atom is 0.0700 e. The molecule has 1 N–H and O–H groups in total. The van der Waals surface area contributed by atoms with Crippen molar-refractivity contribution in [3.63, 3.8) is 0 Å². The van der Waals surface area contributed by atoms with Gasteiger partial charge in [0, 0.05) is 19.2 Å². The third-order valence-corrected chi connectivity index (χ3v) is 2.11. The molecule has 1 heterocycles. The van der Waals surface area contributed by atoms with Crippen molar-refractivity contribution in [2.24, 2.45) is 0 Å². The van der Waals surface area contributed by atoms with E-state index in [2.05, 4.69) is 24.4 Å². The lowest BCUT2D eigenvalue weighted by atomic mass is 10.1. The molecule has 0 aromatic carbocycles. The molecule has 1 aliphatic rings. The number of nitrogens with one attached hydrogen (secondary N) is 1. The number of ether oxygens (including phenoxy) is 1. The summed E-state index contributed by atoms with van der Waals surface area (Å²) in [5.41, 5.74) is 0. The van der Waals surface area contributed by atoms with E-state index in [-0.39, 0.29) is 0 Å². The summed E-state index contributed by atoms with van der Waals surface area (Å²) in [6.07, 6.45) is 5.73. The van der Waals surface area contributed by atoms with Gasteiger partial charge in [-0.1, -0.05) is 12.2 Å². The summed E-state index contributed by atoms with van der Waals surface area (Å²) in [5, 5.41) is 3.42. The van der Waals surface area contributed by atoms with Gasteiger partial charge in [-0.3, -0.25) is 0 Å². The Kier molecular flexibility index (Phi) is 3.60. The van der Waals surface area contributed by atoms with E-state index in [0.29, 0.717) is 12.1 Å². The van der Waals surface area contributed by atoms with Crippen LogP contribution in [0.3, 0.4) is 0 Å². The lowest BCUT2D eigenvalue weighted by Gasteiger charge is -2.13. The van der Waals surface area contributed by atoms with Crippen molar-refractivity contribution in [2.45, 2.75) is 32.4 Å². The molecule has 0 amide bonds. The van der Waals surface area contributed by atoms with Crippen molar-refractivity contribution in [1.82, 2.24) is 5.32 Å². The van der Waals surface area contributed by atoms with Crippen molar-refractivity contribution in [3.8, 4) is 0 Å². The predicted molar refractivity (Wildman–Crippen MR) is 46.6 cm³/mol. The normalized spacial score (nSPS) is 31.8. The van der Waals surface area contributed by atoms with Crippen LogP contribution >= 0.6 is 0 Å². The summed E-state index contributed by atoms with van der Waals surface area (Å²) in [6.45, 7) is 6.04. The van der Waals surface area contributed by atoms with Gasteiger partial charge in [0.2, 0.25) is 0 Å². The largest absolute Gasteiger partial charge is 0.377 e. The van der Waals surface area contributed by atoms with Crippen LogP contribution in [0.4, 0.5) is 0 Å². The molecular formula is C9H17NO. The second-order valence-corrected chi connectivity index (χ2v) is 2.95. The highest BCUT2D eigenvalue weighted by Gasteiger charge is 2.22. The average Bonchev–Trinajstić information content (AvgIpc) is 2.37. The second-order valence-electron chi connectivity index (χ2n) is 2.95. The quantitative estimate of drug-likeness (QED) is 0.621. The van der Waals surface area contributed by atoms with Crippen LogP contribution in [0.2, 0.25) is 0 Å². The first-order valence-corrected chi connectivity index (χ1v) is 4.30. The SMILES string of the molecule is C/C=C/CN[C@@H]1CCO[C@@H]1C. The molecule has 0 aromatic heterocycles. The second kappa shape index (κ2) is 4.52. The fourth-order valence-electron chi connectivity index (χ4n) is 1.34. The zero-order valence-electron chi connectivity index (χ0n) is 7.34. The zero-order valence-corrected chi connectivity index (χ0v) is 7.34. The van der Waals surface area contributed by atoms with E-state index in [1.54, 1.807) is 0 Å². The van der Waals surface area contributed by atoms with E-state index in [1.807, 2.05) is 6.92 Å². The molecule has 0 aliphatic carbocycles. The zero-order chi connectivity index (χ0) is 8.10. The highest BCUT2D eigenvalue weighted by molar-refractivity contribution is 4.85. The third-order valence-electron chi connectivity index (χ3n) is 2.11. The molecule has 0 radical (unpaired) electrons. The maximum absolute atomic E-state index is 5.41. The lowest BCUT2D eigenvalue weighted by Crippen LogP contribution is -2.34. The van der Waals surface area contributed by atoms with Crippen LogP contribution in [0.5, 0.6) is 0 Å². The highest BCUT2D eigenvalue weighted by atomic mass is 16.5. The molecule has 0 spiro atoms. The van der Waals surface area contributed by atoms with Crippen molar-refractivity contribution in [2.75, 3.05) is 13.2 Å². The first kappa shape index (κ1) is 8.75. The van der Waals surface area contributed by atoms with Gasteiger partial charge in [0.1, 0.15) is 0 Å². The molecule has 1 aliphatic heterocycles. The highest BCUT2D eigenvalue weighted by Crippen LogP contribution is 2.11. The minimum absolute atomic E-state index is 0.389. The van der Waals surface area contributed by atoms with Crippen LogP contribution in [-0.2, 0) is 4.74 Å². The Bertz CT molecular complexity index is 134. The molecule has 0 unspecified atom stereocenters. The molecule has 0 saturated carbocycles. The smallest absolute Gasteiger partial charge is 0.0700 e. The van der Waals surface area contributed by atoms with Crippen molar-refractivity contribution < 1.29 is 4.74 Å². The molecule has 1 saturated heterocycles. The van der Waals surface area contributed by atoms with Gasteiger partial charge in [-0.2, -0.15) is 0 Å². The van der Waals surface area contributed by atoms with Gasteiger partial charge >= 0.3 is 0 Å². The lowest BCUT2D eigenvalue weighted by molar-refractivity contribution is 0.114. The summed E-state index contributed by atoms with van der Waals surface area (Å²) >= 11 is 0. The van der Waals surface area contributed by atoms with Crippen molar-refractivity contribution in [1.29, 1.82) is 0 Å². The van der Waals surface area contributed by atoms with E-state index in [1.165, 1.54) is 0 Å². The first-order chi connectivity index (χ1) is 5.34. The summed E-state index contributed by atoms with van der Waals surface area (Å²) in [7, 11) is 0. The molecule has 0 aromatic rings. The van der Waals surface area contributed by atoms with Crippen LogP contribution < -0.4 is 5.32 Å². The van der Waals surface area contributed by atoms with E-state index in [9.17, 15) is 0 Å². The van der Waals surface area contributed by atoms with E-state index >= 15 is 0 Å². The average molecular weight is 155 g/mol. The van der Waals surface area contributed by atoms with E-state index in [0.717, 1.165) is 19.6 Å². The van der Waals surface area contributed by atoms with Gasteiger partial charge in [-0.25, -0.2) is 0 Å². The monoisotopic (exact) mass is 155 g/mol. The van der Waals surface area contributed by atoms with Crippen LogP contribution in [-0.4, -0.2) is 25.3 Å². The molecule has 1 fully saturated rings. The third kappa shape index (κ3) is 2.64. The Morgan fingerprint density at radius 1 is 1.64 bits per heavy atom. The van der Waals surface area contributed by atoms with E-state index in [4.69, 9.17) is 4.74 Å². The topological polar surface area (TPSA) is 21.3 Å². The van der Waals surface area contributed by atoms with Gasteiger partial charge in [0.25, 0.3) is 0 Å². The van der Waals surface area contributed by atoms with Crippen molar-refractivity contribution in [3.05, 3.63) is 12.2 Å². The molecule has 2 nitrogen and oxygen atoms in total. The Morgan fingerprint density at radius 2 is 2.45 bits per heavy atom. The van der Waals surface area contributed by atoms with Crippen LogP contribution in [0.1, 0.15) is 20.3 Å². The number of rotatable bonds is 3. The van der Waals surface area contributed by atoms with Crippen LogP contribution in [0.25, 0.3) is 0 Å². The number of hydrogen-bond donors (Lipinski definition) is 1. The van der Waals surface area contributed by atoms with Gasteiger partial charge < -0.3 is 10.1 Å². The minimum Gasteiger partial charge on any atom is -0.377 e. The van der Waals surface area contributed by atoms with Gasteiger partial charge in [-0.05, 0) is 20.3 Å². The summed E-state index contributed by atoms with van der Waals surface area (Å²) in [4.78, 5) is 0. The van der Waals surface area contributed by atoms with E-state index < -0.39 is 0 Å². The van der Waals surface area contributed by atoms with Crippen LogP contribution in [0, 0.1) is 0 Å². The molecule has 2 heteroatoms. The summed E-state index contributed by atoms with van der Waals surface area (Å²) in [5.74, 6) is 0. The van der Waals surface area contributed by atoms with Gasteiger partial charge in [-0.15, -0.1) is 0 Å². The molecular weight excluding hydrogens is 138 g/mol. The van der Waals surface area contributed by atoms with Gasteiger partial charge in [0.05, 0.1) is 6.10 Å². The summed E-state index contributed by atoms with van der Waals surface area (Å²) in [6, 6.07) is 0.561. The molecule has 2 atom stereocenters. The Morgan fingerprint density at radius 3 is 3.00 bits per heavy atom. The molecule has 1 rings (SSSR count). The molecule has 64 valence electrons. The summed E-state index contributed by atoms with van der Waals surface area (Å²) < 4.78 is 5.41. The van der Waals surface area contributed by atoms with Crippen LogP contribution in [0.15, 0.2) is 12.2 Å². The first-order valence-electron chi connectivity index (χ1n) is 4.30. The maximum atomic E-state index is 5.41.